The molecule has 1 aromatic carbocycles. The first-order chi connectivity index (χ1) is 9.08. The van der Waals surface area contributed by atoms with Crippen LogP contribution in [0.3, 0.4) is 0 Å². The van der Waals surface area contributed by atoms with E-state index in [1.54, 1.807) is 6.07 Å². The third kappa shape index (κ3) is 2.52. The number of para-hydroxylation sites is 1. The highest BCUT2D eigenvalue weighted by atomic mass is 16.1. The molecule has 1 heterocycles. The molecule has 0 saturated carbocycles. The molecule has 102 valence electrons. The third-order valence-electron chi connectivity index (χ3n) is 3.58. The van der Waals surface area contributed by atoms with Crippen LogP contribution < -0.4 is 11.5 Å². The molecule has 0 aliphatic rings. The second-order valence-corrected chi connectivity index (χ2v) is 4.86. The maximum absolute atomic E-state index is 12.4. The van der Waals surface area contributed by atoms with Gasteiger partial charge in [0.25, 0.3) is 0 Å². The molecule has 2 atom stereocenters. The molecule has 0 saturated heterocycles. The van der Waals surface area contributed by atoms with Crippen molar-refractivity contribution in [3.63, 3.8) is 0 Å². The Labute approximate surface area is 112 Å². The summed E-state index contributed by atoms with van der Waals surface area (Å²) in [6.07, 6.45) is 0.873. The van der Waals surface area contributed by atoms with Crippen molar-refractivity contribution in [2.75, 3.05) is 0 Å². The smallest absolute Gasteiger partial charge is 0.182 e. The van der Waals surface area contributed by atoms with Crippen molar-refractivity contribution < 1.29 is 4.79 Å². The predicted molar refractivity (Wildman–Crippen MR) is 75.7 cm³/mol. The van der Waals surface area contributed by atoms with E-state index in [-0.39, 0.29) is 11.7 Å². The number of imidazole rings is 1. The molecule has 0 spiro atoms. The molecule has 0 unspecified atom stereocenters. The van der Waals surface area contributed by atoms with E-state index in [0.717, 1.165) is 11.9 Å². The normalized spacial score (nSPS) is 14.5. The Balaban J connectivity index is 2.44. The van der Waals surface area contributed by atoms with Crippen LogP contribution in [0.15, 0.2) is 18.2 Å². The molecule has 0 fully saturated rings. The quantitative estimate of drug-likeness (QED) is 0.711. The fourth-order valence-corrected chi connectivity index (χ4v) is 2.07. The lowest BCUT2D eigenvalue weighted by Gasteiger charge is -2.17. The first kappa shape index (κ1) is 13.7. The zero-order chi connectivity index (χ0) is 14.0. The van der Waals surface area contributed by atoms with E-state index in [0.29, 0.717) is 23.4 Å². The number of ketones is 1. The molecule has 2 rings (SSSR count). The van der Waals surface area contributed by atoms with Gasteiger partial charge in [-0.3, -0.25) is 4.79 Å². The second kappa shape index (κ2) is 5.50. The lowest BCUT2D eigenvalue weighted by Crippen LogP contribution is -2.36. The van der Waals surface area contributed by atoms with Crippen molar-refractivity contribution in [1.82, 2.24) is 9.97 Å². The summed E-state index contributed by atoms with van der Waals surface area (Å²) in [6.45, 7) is 4.33. The number of benzene rings is 1. The Morgan fingerprint density at radius 3 is 2.84 bits per heavy atom. The average Bonchev–Trinajstić information content (AvgIpc) is 2.87. The average molecular weight is 260 g/mol. The van der Waals surface area contributed by atoms with Crippen molar-refractivity contribution in [3.8, 4) is 0 Å². The number of H-pyrrole nitrogens is 1. The first-order valence-corrected chi connectivity index (χ1v) is 6.56. The fraction of sp³-hybridized carbons (Fsp3) is 0.429. The summed E-state index contributed by atoms with van der Waals surface area (Å²) in [4.78, 5) is 19.9. The lowest BCUT2D eigenvalue weighted by atomic mass is 9.92. The SMILES string of the molecule is CC[C@H](C)[C@H](N)C(=O)c1cccc2[nH]c(CN)nc12. The summed E-state index contributed by atoms with van der Waals surface area (Å²) < 4.78 is 0. The molecule has 0 bridgehead atoms. The Hall–Kier alpha value is -1.72. The molecular weight excluding hydrogens is 240 g/mol. The summed E-state index contributed by atoms with van der Waals surface area (Å²) >= 11 is 0. The van der Waals surface area contributed by atoms with Crippen molar-refractivity contribution in [2.45, 2.75) is 32.9 Å². The summed E-state index contributed by atoms with van der Waals surface area (Å²) in [7, 11) is 0. The van der Waals surface area contributed by atoms with Crippen LogP contribution in [0.25, 0.3) is 11.0 Å². The topological polar surface area (TPSA) is 97.8 Å². The van der Waals surface area contributed by atoms with E-state index in [1.165, 1.54) is 0 Å². The number of carbonyl (C=O) groups excluding carboxylic acids is 1. The number of rotatable bonds is 5. The molecule has 2 aromatic rings. The van der Waals surface area contributed by atoms with Crippen LogP contribution in [0, 0.1) is 5.92 Å². The number of aromatic nitrogens is 2. The van der Waals surface area contributed by atoms with Gasteiger partial charge < -0.3 is 16.5 Å². The van der Waals surface area contributed by atoms with Gasteiger partial charge in [0.15, 0.2) is 5.78 Å². The molecule has 5 nitrogen and oxygen atoms in total. The van der Waals surface area contributed by atoms with Gasteiger partial charge >= 0.3 is 0 Å². The molecule has 0 aliphatic heterocycles. The molecule has 0 amide bonds. The van der Waals surface area contributed by atoms with E-state index in [9.17, 15) is 4.79 Å². The number of nitrogens with zero attached hydrogens (tertiary/aromatic N) is 1. The number of carbonyl (C=O) groups is 1. The highest BCUT2D eigenvalue weighted by Gasteiger charge is 2.23. The molecule has 5 heteroatoms. The van der Waals surface area contributed by atoms with Gasteiger partial charge in [-0.05, 0) is 18.1 Å². The maximum Gasteiger partial charge on any atom is 0.182 e. The molecule has 1 aromatic heterocycles. The van der Waals surface area contributed by atoms with Crippen LogP contribution in [0.1, 0.15) is 36.5 Å². The van der Waals surface area contributed by atoms with Gasteiger partial charge in [0.05, 0.1) is 23.6 Å². The van der Waals surface area contributed by atoms with Gasteiger partial charge in [-0.2, -0.15) is 0 Å². The largest absolute Gasteiger partial charge is 0.341 e. The van der Waals surface area contributed by atoms with E-state index < -0.39 is 6.04 Å². The lowest BCUT2D eigenvalue weighted by molar-refractivity contribution is 0.0936. The number of nitrogens with two attached hydrogens (primary N) is 2. The molecule has 5 N–H and O–H groups in total. The monoisotopic (exact) mass is 260 g/mol. The minimum absolute atomic E-state index is 0.0602. The molecular formula is C14H20N4O. The van der Waals surface area contributed by atoms with Crippen LogP contribution >= 0.6 is 0 Å². The zero-order valence-corrected chi connectivity index (χ0v) is 11.3. The highest BCUT2D eigenvalue weighted by Crippen LogP contribution is 2.20. The number of hydrogen-bond acceptors (Lipinski definition) is 4. The number of fused-ring (bicyclic) bond motifs is 1. The van der Waals surface area contributed by atoms with Crippen molar-refractivity contribution >= 4 is 16.8 Å². The summed E-state index contributed by atoms with van der Waals surface area (Å²) in [5.74, 6) is 0.762. The third-order valence-corrected chi connectivity index (χ3v) is 3.58. The maximum atomic E-state index is 12.4. The fourth-order valence-electron chi connectivity index (χ4n) is 2.07. The zero-order valence-electron chi connectivity index (χ0n) is 11.3. The summed E-state index contributed by atoms with van der Waals surface area (Å²) in [5, 5.41) is 0. The van der Waals surface area contributed by atoms with Gasteiger partial charge in [0, 0.05) is 5.56 Å². The first-order valence-electron chi connectivity index (χ1n) is 6.56. The highest BCUT2D eigenvalue weighted by molar-refractivity contribution is 6.08. The molecule has 0 radical (unpaired) electrons. The number of aromatic amines is 1. The van der Waals surface area contributed by atoms with Gasteiger partial charge in [0.1, 0.15) is 5.82 Å². The van der Waals surface area contributed by atoms with Crippen LogP contribution in [-0.4, -0.2) is 21.8 Å². The van der Waals surface area contributed by atoms with Crippen LogP contribution in [0.5, 0.6) is 0 Å². The Morgan fingerprint density at radius 2 is 2.21 bits per heavy atom. The van der Waals surface area contributed by atoms with E-state index in [4.69, 9.17) is 11.5 Å². The van der Waals surface area contributed by atoms with Gasteiger partial charge in [-0.25, -0.2) is 4.98 Å². The second-order valence-electron chi connectivity index (χ2n) is 4.86. The summed E-state index contributed by atoms with van der Waals surface area (Å²) in [6, 6.07) is 4.99. The van der Waals surface area contributed by atoms with E-state index in [1.807, 2.05) is 26.0 Å². The number of Topliss-reactive ketones (excluding diaryl/α,β-unsaturated/α-hetero) is 1. The van der Waals surface area contributed by atoms with Gasteiger partial charge in [-0.15, -0.1) is 0 Å². The minimum Gasteiger partial charge on any atom is -0.341 e. The Morgan fingerprint density at radius 1 is 1.47 bits per heavy atom. The van der Waals surface area contributed by atoms with Crippen molar-refractivity contribution in [2.24, 2.45) is 17.4 Å². The van der Waals surface area contributed by atoms with E-state index >= 15 is 0 Å². The van der Waals surface area contributed by atoms with Gasteiger partial charge in [0.2, 0.25) is 0 Å². The van der Waals surface area contributed by atoms with Crippen LogP contribution in [0.4, 0.5) is 0 Å². The standard InChI is InChI=1S/C14H20N4O/c1-3-8(2)12(16)14(19)9-5-4-6-10-13(9)18-11(7-15)17-10/h4-6,8,12H,3,7,15-16H2,1-2H3,(H,17,18)/t8-,12-/m0/s1. The Kier molecular flexibility index (Phi) is 3.97. The minimum atomic E-state index is -0.492. The molecule has 0 aliphatic carbocycles. The Bertz CT molecular complexity index is 590. The summed E-state index contributed by atoms with van der Waals surface area (Å²) in [5.41, 5.74) is 13.6. The number of hydrogen-bond donors (Lipinski definition) is 3. The van der Waals surface area contributed by atoms with Crippen LogP contribution in [-0.2, 0) is 6.54 Å². The van der Waals surface area contributed by atoms with Crippen molar-refractivity contribution in [3.05, 3.63) is 29.6 Å². The number of nitrogens with one attached hydrogen (secondary N) is 1. The van der Waals surface area contributed by atoms with E-state index in [2.05, 4.69) is 9.97 Å². The van der Waals surface area contributed by atoms with Crippen molar-refractivity contribution in [1.29, 1.82) is 0 Å². The van der Waals surface area contributed by atoms with Crippen LogP contribution in [0.2, 0.25) is 0 Å². The molecule has 19 heavy (non-hydrogen) atoms. The predicted octanol–water partition coefficient (Wildman–Crippen LogP) is 1.58. The van der Waals surface area contributed by atoms with Gasteiger partial charge in [-0.1, -0.05) is 26.3 Å².